The van der Waals surface area contributed by atoms with Crippen LogP contribution in [-0.2, 0) is 6.42 Å². The lowest BCUT2D eigenvalue weighted by Crippen LogP contribution is -2.19. The number of alkyl halides is 1. The summed E-state index contributed by atoms with van der Waals surface area (Å²) >= 11 is 1.40. The standard InChI is InChI=1S/C11H11FN2S/c1-2-6-8(12)3-4-9-10(6)7(5-13)11(14)15-9/h2,6,8H,1,3-4,14H2. The first kappa shape index (κ1) is 10.2. The van der Waals surface area contributed by atoms with Crippen LogP contribution in [0.25, 0.3) is 0 Å². The van der Waals surface area contributed by atoms with Crippen LogP contribution in [0.2, 0.25) is 0 Å². The number of aryl methyl sites for hydroxylation is 1. The molecule has 4 heteroatoms. The molecule has 0 saturated heterocycles. The number of hydrogen-bond donors (Lipinski definition) is 1. The van der Waals surface area contributed by atoms with Gasteiger partial charge in [-0.1, -0.05) is 6.08 Å². The molecule has 0 spiro atoms. The molecule has 1 aromatic heterocycles. The van der Waals surface area contributed by atoms with Gasteiger partial charge >= 0.3 is 0 Å². The smallest absolute Gasteiger partial charge is 0.111 e. The van der Waals surface area contributed by atoms with Gasteiger partial charge in [0, 0.05) is 10.8 Å². The van der Waals surface area contributed by atoms with Gasteiger partial charge < -0.3 is 5.73 Å². The minimum absolute atomic E-state index is 0.364. The van der Waals surface area contributed by atoms with E-state index in [1.54, 1.807) is 6.08 Å². The lowest BCUT2D eigenvalue weighted by Gasteiger charge is -2.23. The van der Waals surface area contributed by atoms with E-state index in [2.05, 4.69) is 12.6 Å². The fraction of sp³-hybridized carbons (Fsp3) is 0.364. The van der Waals surface area contributed by atoms with Crippen molar-refractivity contribution in [2.75, 3.05) is 5.73 Å². The van der Waals surface area contributed by atoms with Gasteiger partial charge in [0.1, 0.15) is 17.2 Å². The number of hydrogen-bond acceptors (Lipinski definition) is 3. The second-order valence-electron chi connectivity index (χ2n) is 3.61. The van der Waals surface area contributed by atoms with E-state index in [1.165, 1.54) is 11.3 Å². The van der Waals surface area contributed by atoms with Crippen molar-refractivity contribution in [1.29, 1.82) is 5.26 Å². The molecule has 0 fully saturated rings. The number of nitrogens with two attached hydrogens (primary N) is 1. The van der Waals surface area contributed by atoms with Crippen molar-refractivity contribution in [3.05, 3.63) is 28.7 Å². The fourth-order valence-corrected chi connectivity index (χ4v) is 3.15. The van der Waals surface area contributed by atoms with Crippen molar-refractivity contribution < 1.29 is 4.39 Å². The van der Waals surface area contributed by atoms with Gasteiger partial charge in [0.2, 0.25) is 0 Å². The highest BCUT2D eigenvalue weighted by atomic mass is 32.1. The summed E-state index contributed by atoms with van der Waals surface area (Å²) in [5.41, 5.74) is 6.95. The van der Waals surface area contributed by atoms with Crippen LogP contribution in [0.4, 0.5) is 9.39 Å². The number of thiophene rings is 1. The third-order valence-electron chi connectivity index (χ3n) is 2.79. The maximum absolute atomic E-state index is 13.6. The molecule has 1 heterocycles. The van der Waals surface area contributed by atoms with Crippen LogP contribution < -0.4 is 5.73 Å². The zero-order chi connectivity index (χ0) is 11.0. The lowest BCUT2D eigenvalue weighted by molar-refractivity contribution is 0.279. The van der Waals surface area contributed by atoms with Crippen LogP contribution in [0.5, 0.6) is 0 Å². The van der Waals surface area contributed by atoms with Crippen molar-refractivity contribution in [2.24, 2.45) is 0 Å². The van der Waals surface area contributed by atoms with E-state index in [-0.39, 0.29) is 5.92 Å². The van der Waals surface area contributed by atoms with E-state index in [0.29, 0.717) is 23.4 Å². The highest BCUT2D eigenvalue weighted by Gasteiger charge is 2.32. The summed E-state index contributed by atoms with van der Waals surface area (Å²) in [5, 5.41) is 9.49. The minimum Gasteiger partial charge on any atom is -0.389 e. The first-order chi connectivity index (χ1) is 7.19. The van der Waals surface area contributed by atoms with E-state index in [9.17, 15) is 4.39 Å². The van der Waals surface area contributed by atoms with Crippen LogP contribution in [0.15, 0.2) is 12.7 Å². The third kappa shape index (κ3) is 1.44. The van der Waals surface area contributed by atoms with Crippen LogP contribution in [0, 0.1) is 11.3 Å². The van der Waals surface area contributed by atoms with E-state index < -0.39 is 6.17 Å². The summed E-state index contributed by atoms with van der Waals surface area (Å²) in [4.78, 5) is 1.04. The number of nitrogens with zero attached hydrogens (tertiary/aromatic N) is 1. The summed E-state index contributed by atoms with van der Waals surface area (Å²) in [6.45, 7) is 3.63. The quantitative estimate of drug-likeness (QED) is 0.743. The number of halogens is 1. The number of nitrogen functional groups attached to an aromatic ring is 1. The summed E-state index contributed by atoms with van der Waals surface area (Å²) in [5.74, 6) is -0.364. The monoisotopic (exact) mass is 222 g/mol. The summed E-state index contributed by atoms with van der Waals surface area (Å²) < 4.78 is 13.6. The van der Waals surface area contributed by atoms with Crippen LogP contribution in [0.1, 0.15) is 28.3 Å². The molecule has 1 aromatic rings. The summed E-state index contributed by atoms with van der Waals surface area (Å²) in [7, 11) is 0. The Morgan fingerprint density at radius 3 is 3.00 bits per heavy atom. The minimum atomic E-state index is -0.934. The molecule has 2 atom stereocenters. The molecule has 0 aliphatic heterocycles. The second kappa shape index (κ2) is 3.67. The zero-order valence-corrected chi connectivity index (χ0v) is 8.98. The second-order valence-corrected chi connectivity index (χ2v) is 4.74. The van der Waals surface area contributed by atoms with Crippen molar-refractivity contribution in [1.82, 2.24) is 0 Å². The molecule has 0 bridgehead atoms. The molecule has 15 heavy (non-hydrogen) atoms. The van der Waals surface area contributed by atoms with Crippen LogP contribution in [-0.4, -0.2) is 6.17 Å². The van der Waals surface area contributed by atoms with Crippen molar-refractivity contribution in [3.63, 3.8) is 0 Å². The molecule has 0 amide bonds. The Labute approximate surface area is 91.8 Å². The van der Waals surface area contributed by atoms with Gasteiger partial charge in [-0.15, -0.1) is 17.9 Å². The van der Waals surface area contributed by atoms with Gasteiger partial charge in [-0.2, -0.15) is 5.26 Å². The number of rotatable bonds is 1. The maximum atomic E-state index is 13.6. The van der Waals surface area contributed by atoms with Crippen LogP contribution >= 0.6 is 11.3 Å². The van der Waals surface area contributed by atoms with Crippen molar-refractivity contribution in [2.45, 2.75) is 24.9 Å². The molecule has 1 aliphatic rings. The fourth-order valence-electron chi connectivity index (χ4n) is 2.06. The van der Waals surface area contributed by atoms with Crippen LogP contribution in [0.3, 0.4) is 0 Å². The van der Waals surface area contributed by atoms with Gasteiger partial charge in [0.25, 0.3) is 0 Å². The van der Waals surface area contributed by atoms with Gasteiger partial charge in [-0.3, -0.25) is 0 Å². The Morgan fingerprint density at radius 2 is 2.40 bits per heavy atom. The molecular weight excluding hydrogens is 211 g/mol. The van der Waals surface area contributed by atoms with Crippen molar-refractivity contribution >= 4 is 16.3 Å². The summed E-state index contributed by atoms with van der Waals surface area (Å²) in [6, 6.07) is 2.06. The number of anilines is 1. The lowest BCUT2D eigenvalue weighted by atomic mass is 9.84. The molecule has 0 aromatic carbocycles. The average Bonchev–Trinajstić information content (AvgIpc) is 2.54. The van der Waals surface area contributed by atoms with E-state index in [1.807, 2.05) is 0 Å². The zero-order valence-electron chi connectivity index (χ0n) is 8.16. The molecule has 0 saturated carbocycles. The maximum Gasteiger partial charge on any atom is 0.111 e. The Hall–Kier alpha value is -1.34. The molecule has 0 radical (unpaired) electrons. The number of allylic oxidation sites excluding steroid dienone is 1. The Balaban J connectivity index is 2.61. The average molecular weight is 222 g/mol. The molecule has 2 nitrogen and oxygen atoms in total. The molecular formula is C11H11FN2S. The van der Waals surface area contributed by atoms with E-state index >= 15 is 0 Å². The Morgan fingerprint density at radius 1 is 1.67 bits per heavy atom. The van der Waals surface area contributed by atoms with E-state index in [4.69, 9.17) is 11.0 Å². The Kier molecular flexibility index (Phi) is 2.49. The van der Waals surface area contributed by atoms with Gasteiger partial charge in [0.15, 0.2) is 0 Å². The first-order valence-electron chi connectivity index (χ1n) is 4.76. The van der Waals surface area contributed by atoms with Crippen molar-refractivity contribution in [3.8, 4) is 6.07 Å². The SMILES string of the molecule is C=CC1c2c(sc(N)c2C#N)CCC1F. The molecule has 2 N–H and O–H groups in total. The molecule has 1 aliphatic carbocycles. The Bertz CT molecular complexity index is 444. The van der Waals surface area contributed by atoms with Gasteiger partial charge in [0.05, 0.1) is 5.56 Å². The largest absolute Gasteiger partial charge is 0.389 e. The molecule has 78 valence electrons. The number of fused-ring (bicyclic) bond motifs is 1. The third-order valence-corrected chi connectivity index (χ3v) is 3.88. The highest BCUT2D eigenvalue weighted by molar-refractivity contribution is 7.16. The predicted octanol–water partition coefficient (Wildman–Crippen LogP) is 2.76. The summed E-state index contributed by atoms with van der Waals surface area (Å²) in [6.07, 6.45) is 1.82. The highest BCUT2D eigenvalue weighted by Crippen LogP contribution is 2.43. The normalized spacial score (nSPS) is 24.3. The molecule has 2 rings (SSSR count). The first-order valence-corrected chi connectivity index (χ1v) is 5.58. The predicted molar refractivity (Wildman–Crippen MR) is 59.6 cm³/mol. The van der Waals surface area contributed by atoms with E-state index in [0.717, 1.165) is 10.4 Å². The number of nitriles is 1. The molecule has 2 unspecified atom stereocenters. The van der Waals surface area contributed by atoms with Gasteiger partial charge in [-0.05, 0) is 18.4 Å². The van der Waals surface area contributed by atoms with Gasteiger partial charge in [-0.25, -0.2) is 4.39 Å². The topological polar surface area (TPSA) is 49.8 Å².